The van der Waals surface area contributed by atoms with E-state index in [0.717, 1.165) is 18.6 Å². The fourth-order valence-corrected chi connectivity index (χ4v) is 3.03. The molecule has 3 nitrogen and oxygen atoms in total. The van der Waals surface area contributed by atoms with Crippen molar-refractivity contribution < 1.29 is 18.3 Å². The Hall–Kier alpha value is -1.30. The fourth-order valence-electron chi connectivity index (χ4n) is 3.03. The number of rotatable bonds is 1. The highest BCUT2D eigenvalue weighted by Crippen LogP contribution is 2.42. The first-order valence-electron chi connectivity index (χ1n) is 6.33. The highest BCUT2D eigenvalue weighted by atomic mass is 19.4. The normalized spacial score (nSPS) is 30.2. The maximum Gasteiger partial charge on any atom is 0.416 e. The van der Waals surface area contributed by atoms with Crippen molar-refractivity contribution in [1.29, 1.82) is 0 Å². The largest absolute Gasteiger partial charge is 0.416 e. The van der Waals surface area contributed by atoms with Crippen molar-refractivity contribution in [3.63, 3.8) is 0 Å². The predicted molar refractivity (Wildman–Crippen MR) is 63.8 cm³/mol. The standard InChI is InChI=1S/C13H15F3N2O/c1-7-2-9(13(14,15)16)4-12(17-7)18-5-8-3-11(19)10(8)6-18/h2,4,8,10-11,19H,3,5-6H2,1H3/t8-,10+,11+/m1/s1. The van der Waals surface area contributed by atoms with Gasteiger partial charge in [0.15, 0.2) is 0 Å². The number of fused-ring (bicyclic) bond motifs is 1. The van der Waals surface area contributed by atoms with E-state index in [2.05, 4.69) is 4.98 Å². The van der Waals surface area contributed by atoms with E-state index < -0.39 is 11.7 Å². The Balaban J connectivity index is 1.87. The first kappa shape index (κ1) is 12.7. The van der Waals surface area contributed by atoms with E-state index in [1.165, 1.54) is 0 Å². The van der Waals surface area contributed by atoms with Gasteiger partial charge in [-0.1, -0.05) is 0 Å². The van der Waals surface area contributed by atoms with Crippen LogP contribution in [0.15, 0.2) is 12.1 Å². The van der Waals surface area contributed by atoms with Crippen LogP contribution in [-0.2, 0) is 6.18 Å². The van der Waals surface area contributed by atoms with Gasteiger partial charge in [0.05, 0.1) is 11.7 Å². The van der Waals surface area contributed by atoms with E-state index in [1.807, 2.05) is 4.90 Å². The molecule has 0 aromatic carbocycles. The molecule has 104 valence electrons. The summed E-state index contributed by atoms with van der Waals surface area (Å²) < 4.78 is 38.3. The lowest BCUT2D eigenvalue weighted by Gasteiger charge is -2.34. The van der Waals surface area contributed by atoms with Crippen LogP contribution in [0.1, 0.15) is 17.7 Å². The van der Waals surface area contributed by atoms with E-state index in [0.29, 0.717) is 30.5 Å². The van der Waals surface area contributed by atoms with Crippen LogP contribution in [0.25, 0.3) is 0 Å². The number of aromatic nitrogens is 1. The Morgan fingerprint density at radius 1 is 1.32 bits per heavy atom. The number of aliphatic hydroxyl groups excluding tert-OH is 1. The van der Waals surface area contributed by atoms with Crippen molar-refractivity contribution in [2.24, 2.45) is 11.8 Å². The van der Waals surface area contributed by atoms with Crippen molar-refractivity contribution >= 4 is 5.82 Å². The molecule has 2 heterocycles. The Kier molecular flexibility index (Phi) is 2.74. The predicted octanol–water partition coefficient (Wildman–Crippen LogP) is 2.23. The van der Waals surface area contributed by atoms with Crippen LogP contribution in [0.3, 0.4) is 0 Å². The molecule has 1 aliphatic heterocycles. The molecule has 1 aliphatic carbocycles. The van der Waals surface area contributed by atoms with Gasteiger partial charge in [-0.2, -0.15) is 13.2 Å². The molecule has 1 N–H and O–H groups in total. The molecule has 0 bridgehead atoms. The topological polar surface area (TPSA) is 36.4 Å². The number of anilines is 1. The lowest BCUT2D eigenvalue weighted by molar-refractivity contribution is -0.137. The zero-order valence-electron chi connectivity index (χ0n) is 10.5. The smallest absolute Gasteiger partial charge is 0.393 e. The minimum atomic E-state index is -4.35. The first-order valence-corrected chi connectivity index (χ1v) is 6.33. The number of nitrogens with zero attached hydrogens (tertiary/aromatic N) is 2. The molecule has 1 aromatic heterocycles. The molecule has 3 atom stereocenters. The number of aliphatic hydroxyl groups is 1. The minimum Gasteiger partial charge on any atom is -0.393 e. The lowest BCUT2D eigenvalue weighted by Crippen LogP contribution is -2.39. The van der Waals surface area contributed by atoms with Gasteiger partial charge >= 0.3 is 6.18 Å². The van der Waals surface area contributed by atoms with E-state index in [9.17, 15) is 18.3 Å². The summed E-state index contributed by atoms with van der Waals surface area (Å²) in [5.74, 6) is 0.956. The SMILES string of the molecule is Cc1cc(C(F)(F)F)cc(N2C[C@H]3C[C@H](O)[C@H]3C2)n1. The molecular formula is C13H15F3N2O. The summed E-state index contributed by atoms with van der Waals surface area (Å²) in [6.45, 7) is 2.85. The number of alkyl halides is 3. The summed E-state index contributed by atoms with van der Waals surface area (Å²) in [6, 6.07) is 2.16. The summed E-state index contributed by atoms with van der Waals surface area (Å²) in [5, 5.41) is 9.59. The maximum absolute atomic E-state index is 12.8. The van der Waals surface area contributed by atoms with Gasteiger partial charge in [0, 0.05) is 24.7 Å². The lowest BCUT2D eigenvalue weighted by atomic mass is 9.74. The second-order valence-electron chi connectivity index (χ2n) is 5.49. The van der Waals surface area contributed by atoms with Gasteiger partial charge in [-0.3, -0.25) is 0 Å². The molecule has 19 heavy (non-hydrogen) atoms. The number of hydrogen-bond acceptors (Lipinski definition) is 3. The average molecular weight is 272 g/mol. The molecule has 2 aliphatic rings. The maximum atomic E-state index is 12.8. The van der Waals surface area contributed by atoms with Crippen LogP contribution in [0, 0.1) is 18.8 Å². The Labute approximate surface area is 109 Å². The molecular weight excluding hydrogens is 257 g/mol. The van der Waals surface area contributed by atoms with E-state index >= 15 is 0 Å². The highest BCUT2D eigenvalue weighted by molar-refractivity contribution is 5.45. The molecule has 3 rings (SSSR count). The minimum absolute atomic E-state index is 0.191. The van der Waals surface area contributed by atoms with Gasteiger partial charge in [0.2, 0.25) is 0 Å². The summed E-state index contributed by atoms with van der Waals surface area (Å²) >= 11 is 0. The summed E-state index contributed by atoms with van der Waals surface area (Å²) in [4.78, 5) is 6.05. The van der Waals surface area contributed by atoms with E-state index in [4.69, 9.17) is 0 Å². The number of halogens is 3. The quantitative estimate of drug-likeness (QED) is 0.851. The molecule has 0 spiro atoms. The van der Waals surface area contributed by atoms with Crippen LogP contribution < -0.4 is 4.90 Å². The molecule has 0 radical (unpaired) electrons. The van der Waals surface area contributed by atoms with Crippen LogP contribution in [0.2, 0.25) is 0 Å². The number of hydrogen-bond donors (Lipinski definition) is 1. The second kappa shape index (κ2) is 4.10. The van der Waals surface area contributed by atoms with Gasteiger partial charge in [0.1, 0.15) is 5.82 Å². The summed E-state index contributed by atoms with van der Waals surface area (Å²) in [6.07, 6.45) is -3.90. The van der Waals surface area contributed by atoms with Gasteiger partial charge in [0.25, 0.3) is 0 Å². The van der Waals surface area contributed by atoms with Crippen LogP contribution in [-0.4, -0.2) is 29.3 Å². The average Bonchev–Trinajstić information content (AvgIpc) is 2.64. The monoisotopic (exact) mass is 272 g/mol. The zero-order chi connectivity index (χ0) is 13.8. The molecule has 1 saturated carbocycles. The van der Waals surface area contributed by atoms with Crippen LogP contribution in [0.5, 0.6) is 0 Å². The van der Waals surface area contributed by atoms with E-state index in [1.54, 1.807) is 6.92 Å². The van der Waals surface area contributed by atoms with Crippen LogP contribution >= 0.6 is 0 Å². The second-order valence-corrected chi connectivity index (χ2v) is 5.49. The third-order valence-corrected chi connectivity index (χ3v) is 4.12. The Morgan fingerprint density at radius 2 is 2.05 bits per heavy atom. The Morgan fingerprint density at radius 3 is 2.63 bits per heavy atom. The molecule has 0 unspecified atom stereocenters. The zero-order valence-corrected chi connectivity index (χ0v) is 10.5. The van der Waals surface area contributed by atoms with Crippen molar-refractivity contribution in [3.05, 3.63) is 23.4 Å². The molecule has 1 aromatic rings. The van der Waals surface area contributed by atoms with Crippen molar-refractivity contribution in [2.45, 2.75) is 25.6 Å². The van der Waals surface area contributed by atoms with Gasteiger partial charge in [-0.25, -0.2) is 4.98 Å². The van der Waals surface area contributed by atoms with Gasteiger partial charge < -0.3 is 10.0 Å². The first-order chi connectivity index (χ1) is 8.84. The Bertz CT molecular complexity index is 503. The summed E-state index contributed by atoms with van der Waals surface area (Å²) in [5.41, 5.74) is -0.292. The molecule has 6 heteroatoms. The number of pyridine rings is 1. The molecule has 2 fully saturated rings. The molecule has 0 amide bonds. The fraction of sp³-hybridized carbons (Fsp3) is 0.615. The van der Waals surface area contributed by atoms with E-state index in [-0.39, 0.29) is 12.0 Å². The van der Waals surface area contributed by atoms with Gasteiger partial charge in [-0.15, -0.1) is 0 Å². The third kappa shape index (κ3) is 2.18. The summed E-state index contributed by atoms with van der Waals surface area (Å²) in [7, 11) is 0. The van der Waals surface area contributed by atoms with Gasteiger partial charge in [-0.05, 0) is 31.4 Å². The number of aryl methyl sites for hydroxylation is 1. The van der Waals surface area contributed by atoms with Crippen molar-refractivity contribution in [3.8, 4) is 0 Å². The van der Waals surface area contributed by atoms with Crippen LogP contribution in [0.4, 0.5) is 19.0 Å². The van der Waals surface area contributed by atoms with Crippen molar-refractivity contribution in [2.75, 3.05) is 18.0 Å². The highest BCUT2D eigenvalue weighted by Gasteiger charge is 2.46. The molecule has 1 saturated heterocycles. The van der Waals surface area contributed by atoms with Crippen molar-refractivity contribution in [1.82, 2.24) is 4.98 Å². The third-order valence-electron chi connectivity index (χ3n) is 4.12.